The zero-order chi connectivity index (χ0) is 12.8. The molecule has 1 aliphatic rings. The lowest BCUT2D eigenvalue weighted by Gasteiger charge is -2.28. The van der Waals surface area contributed by atoms with Crippen molar-refractivity contribution in [1.82, 2.24) is 0 Å². The zero-order valence-electron chi connectivity index (χ0n) is 10.4. The third kappa shape index (κ3) is 1.78. The fraction of sp³-hybridized carbons (Fsp3) is 0.500. The van der Waals surface area contributed by atoms with E-state index in [0.717, 1.165) is 11.3 Å². The summed E-state index contributed by atoms with van der Waals surface area (Å²) in [4.78, 5) is 0. The van der Waals surface area contributed by atoms with E-state index in [4.69, 9.17) is 5.73 Å². The number of anilines is 2. The summed E-state index contributed by atoms with van der Waals surface area (Å²) >= 11 is 0. The quantitative estimate of drug-likeness (QED) is 0.777. The van der Waals surface area contributed by atoms with Crippen LogP contribution in [0.25, 0.3) is 0 Å². The van der Waals surface area contributed by atoms with E-state index in [1.165, 1.54) is 4.31 Å². The number of fused-ring (bicyclic) bond motifs is 1. The van der Waals surface area contributed by atoms with E-state index in [1.807, 2.05) is 12.1 Å². The standard InChI is InChI=1S/C12H18N2O2S/c1-12(2,3)17(15,16)14-8-7-9-10(13)5-4-6-11(9)14/h4-6H,7-8,13H2,1-3H3. The first-order valence-electron chi connectivity index (χ1n) is 5.65. The highest BCUT2D eigenvalue weighted by Gasteiger charge is 2.38. The average Bonchev–Trinajstić information content (AvgIpc) is 2.61. The van der Waals surface area contributed by atoms with Crippen LogP contribution in [0, 0.1) is 0 Å². The van der Waals surface area contributed by atoms with Gasteiger partial charge in [0.1, 0.15) is 0 Å². The maximum atomic E-state index is 12.4. The van der Waals surface area contributed by atoms with E-state index < -0.39 is 14.8 Å². The molecule has 1 heterocycles. The number of sulfonamides is 1. The van der Waals surface area contributed by atoms with E-state index >= 15 is 0 Å². The Kier molecular flexibility index (Phi) is 2.61. The Morgan fingerprint density at radius 1 is 1.29 bits per heavy atom. The molecule has 0 bridgehead atoms. The predicted octanol–water partition coefficient (Wildman–Crippen LogP) is 1.76. The minimum atomic E-state index is -3.33. The van der Waals surface area contributed by atoms with E-state index in [2.05, 4.69) is 0 Å². The van der Waals surface area contributed by atoms with Crippen molar-refractivity contribution in [2.24, 2.45) is 0 Å². The van der Waals surface area contributed by atoms with Crippen LogP contribution in [-0.4, -0.2) is 19.7 Å². The van der Waals surface area contributed by atoms with Gasteiger partial charge in [0.15, 0.2) is 0 Å². The van der Waals surface area contributed by atoms with Gasteiger partial charge in [0, 0.05) is 17.8 Å². The second-order valence-electron chi connectivity index (χ2n) is 5.28. The Bertz CT molecular complexity index is 544. The van der Waals surface area contributed by atoms with Gasteiger partial charge < -0.3 is 5.73 Å². The Morgan fingerprint density at radius 3 is 2.53 bits per heavy atom. The van der Waals surface area contributed by atoms with Crippen LogP contribution in [0.5, 0.6) is 0 Å². The normalized spacial score (nSPS) is 16.1. The molecule has 0 saturated heterocycles. The SMILES string of the molecule is CC(C)(C)S(=O)(=O)N1CCc2c(N)cccc21. The van der Waals surface area contributed by atoms with Crippen LogP contribution < -0.4 is 10.0 Å². The highest BCUT2D eigenvalue weighted by Crippen LogP contribution is 2.36. The van der Waals surface area contributed by atoms with Crippen LogP contribution in [0.2, 0.25) is 0 Å². The molecule has 0 amide bonds. The maximum Gasteiger partial charge on any atom is 0.240 e. The lowest BCUT2D eigenvalue weighted by molar-refractivity contribution is 0.556. The van der Waals surface area contributed by atoms with E-state index in [9.17, 15) is 8.42 Å². The van der Waals surface area contributed by atoms with Crippen LogP contribution in [0.4, 0.5) is 11.4 Å². The van der Waals surface area contributed by atoms with Crippen molar-refractivity contribution >= 4 is 21.4 Å². The largest absolute Gasteiger partial charge is 0.398 e. The van der Waals surface area contributed by atoms with Gasteiger partial charge in [-0.2, -0.15) is 0 Å². The van der Waals surface area contributed by atoms with Gasteiger partial charge >= 0.3 is 0 Å². The second-order valence-corrected chi connectivity index (χ2v) is 7.90. The summed E-state index contributed by atoms with van der Waals surface area (Å²) in [6, 6.07) is 5.43. The molecule has 0 radical (unpaired) electrons. The minimum Gasteiger partial charge on any atom is -0.398 e. The monoisotopic (exact) mass is 254 g/mol. The number of nitrogens with zero attached hydrogens (tertiary/aromatic N) is 1. The van der Waals surface area contributed by atoms with Crippen molar-refractivity contribution in [3.8, 4) is 0 Å². The molecule has 2 rings (SSSR count). The molecule has 94 valence electrons. The van der Waals surface area contributed by atoms with E-state index in [1.54, 1.807) is 26.8 Å². The summed E-state index contributed by atoms with van der Waals surface area (Å²) in [5.41, 5.74) is 8.22. The van der Waals surface area contributed by atoms with Crippen molar-refractivity contribution in [2.75, 3.05) is 16.6 Å². The van der Waals surface area contributed by atoms with Crippen molar-refractivity contribution in [3.05, 3.63) is 23.8 Å². The van der Waals surface area contributed by atoms with Crippen LogP contribution in [-0.2, 0) is 16.4 Å². The topological polar surface area (TPSA) is 63.4 Å². The average molecular weight is 254 g/mol. The number of hydrogen-bond acceptors (Lipinski definition) is 3. The van der Waals surface area contributed by atoms with Gasteiger partial charge in [0.2, 0.25) is 10.0 Å². The molecule has 2 N–H and O–H groups in total. The molecule has 17 heavy (non-hydrogen) atoms. The molecule has 5 heteroatoms. The number of hydrogen-bond donors (Lipinski definition) is 1. The summed E-state index contributed by atoms with van der Waals surface area (Å²) in [5, 5.41) is 0. The number of nitrogen functional groups attached to an aromatic ring is 1. The molecule has 0 fully saturated rings. The van der Waals surface area contributed by atoms with Crippen LogP contribution in [0.1, 0.15) is 26.3 Å². The molecule has 1 aromatic rings. The van der Waals surface area contributed by atoms with Gasteiger partial charge in [0.25, 0.3) is 0 Å². The first-order valence-corrected chi connectivity index (χ1v) is 7.09. The molecule has 0 atom stereocenters. The number of rotatable bonds is 1. The third-order valence-corrected chi connectivity index (χ3v) is 5.59. The molecule has 0 aliphatic carbocycles. The minimum absolute atomic E-state index is 0.489. The summed E-state index contributed by atoms with van der Waals surface area (Å²) in [6.07, 6.45) is 0.692. The first-order chi connectivity index (χ1) is 7.75. The summed E-state index contributed by atoms with van der Waals surface area (Å²) in [6.45, 7) is 5.63. The van der Waals surface area contributed by atoms with E-state index in [-0.39, 0.29) is 0 Å². The van der Waals surface area contributed by atoms with Crippen molar-refractivity contribution < 1.29 is 8.42 Å². The van der Waals surface area contributed by atoms with Crippen molar-refractivity contribution in [1.29, 1.82) is 0 Å². The summed E-state index contributed by atoms with van der Waals surface area (Å²) < 4.78 is 25.5. The predicted molar refractivity (Wildman–Crippen MR) is 70.6 cm³/mol. The van der Waals surface area contributed by atoms with Gasteiger partial charge in [-0.15, -0.1) is 0 Å². The molecule has 0 spiro atoms. The highest BCUT2D eigenvalue weighted by atomic mass is 32.2. The van der Waals surface area contributed by atoms with Gasteiger partial charge in [-0.1, -0.05) is 6.07 Å². The van der Waals surface area contributed by atoms with Crippen LogP contribution in [0.3, 0.4) is 0 Å². The van der Waals surface area contributed by atoms with Crippen LogP contribution >= 0.6 is 0 Å². The molecular weight excluding hydrogens is 236 g/mol. The Balaban J connectivity index is 2.52. The molecule has 0 unspecified atom stereocenters. The molecular formula is C12H18N2O2S. The Morgan fingerprint density at radius 2 is 1.94 bits per heavy atom. The molecule has 1 aliphatic heterocycles. The van der Waals surface area contributed by atoms with Crippen LogP contribution in [0.15, 0.2) is 18.2 Å². The van der Waals surface area contributed by atoms with Gasteiger partial charge in [-0.3, -0.25) is 4.31 Å². The maximum absolute atomic E-state index is 12.4. The van der Waals surface area contributed by atoms with Crippen molar-refractivity contribution in [2.45, 2.75) is 31.9 Å². The summed E-state index contributed by atoms with van der Waals surface area (Å²) in [7, 11) is -3.33. The molecule has 4 nitrogen and oxygen atoms in total. The van der Waals surface area contributed by atoms with Gasteiger partial charge in [-0.25, -0.2) is 8.42 Å². The van der Waals surface area contributed by atoms with Gasteiger partial charge in [-0.05, 0) is 39.3 Å². The number of nitrogens with two attached hydrogens (primary N) is 1. The second kappa shape index (κ2) is 3.63. The first kappa shape index (κ1) is 12.2. The fourth-order valence-electron chi connectivity index (χ4n) is 2.01. The fourth-order valence-corrected chi connectivity index (χ4v) is 3.43. The highest BCUT2D eigenvalue weighted by molar-refractivity contribution is 7.94. The lowest BCUT2D eigenvalue weighted by atomic mass is 10.1. The molecule has 1 aromatic carbocycles. The van der Waals surface area contributed by atoms with Crippen molar-refractivity contribution in [3.63, 3.8) is 0 Å². The Hall–Kier alpha value is -1.23. The molecule has 0 saturated carbocycles. The lowest BCUT2D eigenvalue weighted by Crippen LogP contribution is -2.42. The zero-order valence-corrected chi connectivity index (χ0v) is 11.2. The molecule has 0 aromatic heterocycles. The summed E-state index contributed by atoms with van der Waals surface area (Å²) in [5.74, 6) is 0. The smallest absolute Gasteiger partial charge is 0.240 e. The van der Waals surface area contributed by atoms with E-state index in [0.29, 0.717) is 18.7 Å². The Labute approximate surface area is 102 Å². The number of benzene rings is 1. The van der Waals surface area contributed by atoms with Gasteiger partial charge in [0.05, 0.1) is 10.4 Å². The third-order valence-electron chi connectivity index (χ3n) is 3.09.